The van der Waals surface area contributed by atoms with Crippen LogP contribution >= 0.6 is 8.20 Å². The molecule has 0 saturated carbocycles. The zero-order valence-corrected chi connectivity index (χ0v) is 17.2. The maximum atomic E-state index is 12.4. The zero-order chi connectivity index (χ0) is 20.4. The van der Waals surface area contributed by atoms with Gasteiger partial charge in [-0.05, 0) is 57.5 Å². The third kappa shape index (κ3) is 8.23. The van der Waals surface area contributed by atoms with E-state index in [4.69, 9.17) is 14.7 Å². The molecular formula is C20H27N2O4P. The maximum Gasteiger partial charge on any atom is 0.407 e. The molecule has 0 spiro atoms. The van der Waals surface area contributed by atoms with Gasteiger partial charge in [0.1, 0.15) is 5.60 Å². The molecule has 0 bridgehead atoms. The van der Waals surface area contributed by atoms with E-state index in [2.05, 4.69) is 17.7 Å². The minimum Gasteiger partial charge on any atom is -0.469 e. The van der Waals surface area contributed by atoms with Crippen LogP contribution in [0.4, 0.5) is 4.79 Å². The van der Waals surface area contributed by atoms with Gasteiger partial charge in [0.15, 0.2) is 0 Å². The number of nitrogens with zero attached hydrogens (tertiary/aromatic N) is 1. The van der Waals surface area contributed by atoms with E-state index in [1.165, 1.54) is 7.11 Å². The van der Waals surface area contributed by atoms with Crippen molar-refractivity contribution in [2.45, 2.75) is 45.3 Å². The van der Waals surface area contributed by atoms with Crippen molar-refractivity contribution < 1.29 is 19.1 Å². The molecule has 6 nitrogen and oxygen atoms in total. The molecule has 2 atom stereocenters. The van der Waals surface area contributed by atoms with E-state index in [0.29, 0.717) is 24.6 Å². The minimum absolute atomic E-state index is 0.344. The third-order valence-electron chi connectivity index (χ3n) is 3.80. The van der Waals surface area contributed by atoms with Gasteiger partial charge >= 0.3 is 12.1 Å². The normalized spacial score (nSPS) is 13.3. The molecule has 0 fully saturated rings. The van der Waals surface area contributed by atoms with E-state index >= 15 is 0 Å². The van der Waals surface area contributed by atoms with Gasteiger partial charge in [-0.15, -0.1) is 8.20 Å². The number of alkyl carbamates (subject to hydrolysis) is 1. The van der Waals surface area contributed by atoms with Crippen LogP contribution in [0.2, 0.25) is 0 Å². The molecule has 1 amide bonds. The second kappa shape index (κ2) is 10.7. The summed E-state index contributed by atoms with van der Waals surface area (Å²) < 4.78 is 10.3. The lowest BCUT2D eigenvalue weighted by molar-refractivity contribution is -0.146. The maximum absolute atomic E-state index is 12.4. The summed E-state index contributed by atoms with van der Waals surface area (Å²) in [6.07, 6.45) is 4.84. The zero-order valence-electron chi connectivity index (χ0n) is 16.3. The van der Waals surface area contributed by atoms with Crippen molar-refractivity contribution in [1.82, 2.24) is 5.32 Å². The molecular weight excluding hydrogens is 363 g/mol. The van der Waals surface area contributed by atoms with Crippen LogP contribution in [0.5, 0.6) is 0 Å². The van der Waals surface area contributed by atoms with Gasteiger partial charge in [-0.3, -0.25) is 4.79 Å². The Hall–Kier alpha value is -2.38. The summed E-state index contributed by atoms with van der Waals surface area (Å²) in [4.78, 5) is 24.7. The predicted molar refractivity (Wildman–Crippen MR) is 107 cm³/mol. The highest BCUT2D eigenvalue weighted by Crippen LogP contribution is 2.20. The first kappa shape index (κ1) is 22.7. The van der Waals surface area contributed by atoms with Crippen molar-refractivity contribution in [2.75, 3.05) is 13.3 Å². The third-order valence-corrected chi connectivity index (χ3v) is 4.38. The Balaban J connectivity index is 3.07. The highest BCUT2D eigenvalue weighted by molar-refractivity contribution is 7.36. The van der Waals surface area contributed by atoms with Crippen LogP contribution < -0.4 is 5.32 Å². The Bertz CT molecular complexity index is 707. The topological polar surface area (TPSA) is 88.4 Å². The molecule has 2 unspecified atom stereocenters. The fraction of sp³-hybridized carbons (Fsp3) is 0.500. The molecule has 7 heteroatoms. The number of nitrogens with one attached hydrogen (secondary N) is 1. The Morgan fingerprint density at radius 3 is 2.63 bits per heavy atom. The number of hydrogen-bond acceptors (Lipinski definition) is 5. The van der Waals surface area contributed by atoms with E-state index in [0.717, 1.165) is 13.8 Å². The fourth-order valence-electron chi connectivity index (χ4n) is 2.63. The van der Waals surface area contributed by atoms with E-state index in [-0.39, 0.29) is 0 Å². The summed E-state index contributed by atoms with van der Waals surface area (Å²) in [7, 11) is 2.24. The molecule has 0 aliphatic rings. The highest BCUT2D eigenvalue weighted by Gasteiger charge is 2.31. The number of hydrogen-bond donors (Lipinski definition) is 1. The van der Waals surface area contributed by atoms with E-state index in [1.54, 1.807) is 39.0 Å². The Morgan fingerprint density at radius 1 is 1.37 bits per heavy atom. The number of benzene rings is 1. The average Bonchev–Trinajstić information content (AvgIpc) is 2.61. The molecule has 0 aromatic heterocycles. The lowest BCUT2D eigenvalue weighted by Crippen LogP contribution is -2.46. The van der Waals surface area contributed by atoms with Crippen molar-refractivity contribution >= 4 is 26.6 Å². The van der Waals surface area contributed by atoms with Crippen LogP contribution in [0.3, 0.4) is 0 Å². The van der Waals surface area contributed by atoms with E-state index < -0.39 is 29.6 Å². The quantitative estimate of drug-likeness (QED) is 0.542. The van der Waals surface area contributed by atoms with Crippen molar-refractivity contribution in [3.63, 3.8) is 0 Å². The van der Waals surface area contributed by atoms with Crippen LogP contribution in [0, 0.1) is 17.2 Å². The van der Waals surface area contributed by atoms with E-state index in [9.17, 15) is 9.59 Å². The number of nitriles is 1. The van der Waals surface area contributed by atoms with Gasteiger partial charge < -0.3 is 14.8 Å². The molecule has 1 N–H and O–H groups in total. The van der Waals surface area contributed by atoms with E-state index in [1.807, 2.05) is 6.07 Å². The molecule has 0 saturated heterocycles. The molecule has 1 rings (SSSR count). The van der Waals surface area contributed by atoms with Crippen LogP contribution in [0.15, 0.2) is 24.3 Å². The molecule has 1 aromatic rings. The summed E-state index contributed by atoms with van der Waals surface area (Å²) in [6, 6.07) is 8.68. The Labute approximate surface area is 162 Å². The monoisotopic (exact) mass is 390 g/mol. The SMILES string of the molecule is C=PCCC(NC(=O)OC(C)(C)C)C(Cc1cccc(C#N)c1)C(=O)OC. The summed E-state index contributed by atoms with van der Waals surface area (Å²) >= 11 is 0. The van der Waals surface area contributed by atoms with Crippen LogP contribution in [-0.2, 0) is 20.7 Å². The number of methoxy groups -OCH3 is 1. The fourth-order valence-corrected chi connectivity index (χ4v) is 3.09. The number of carbonyl (C=O) groups is 2. The molecule has 0 radical (unpaired) electrons. The Kier molecular flexibility index (Phi) is 8.97. The first-order valence-electron chi connectivity index (χ1n) is 8.69. The molecule has 1 aromatic carbocycles. The number of esters is 1. The van der Waals surface area contributed by atoms with Gasteiger partial charge in [-0.25, -0.2) is 4.79 Å². The molecule has 0 heterocycles. The number of rotatable bonds is 8. The highest BCUT2D eigenvalue weighted by atomic mass is 31.1. The van der Waals surface area contributed by atoms with Crippen LogP contribution in [0.25, 0.3) is 0 Å². The average molecular weight is 390 g/mol. The van der Waals surface area contributed by atoms with Crippen molar-refractivity contribution in [3.8, 4) is 6.07 Å². The molecule has 27 heavy (non-hydrogen) atoms. The molecule has 0 aliphatic heterocycles. The number of amides is 1. The number of ether oxygens (including phenoxy) is 2. The lowest BCUT2D eigenvalue weighted by atomic mass is 9.90. The van der Waals surface area contributed by atoms with Gasteiger partial charge in [-0.1, -0.05) is 18.4 Å². The standard InChI is InChI=1S/C20H27N2O4P/c1-20(2,3)26-19(24)22-17(9-10-27-5)16(18(23)25-4)12-14-7-6-8-15(11-14)13-21/h6-8,11,16-17H,5,9-10,12H2,1-4H3,(H,22,24). The first-order chi connectivity index (χ1) is 12.7. The van der Waals surface area contributed by atoms with Gasteiger partial charge in [0.2, 0.25) is 0 Å². The minimum atomic E-state index is -0.638. The van der Waals surface area contributed by atoms with Crippen molar-refractivity contribution in [2.24, 2.45) is 5.92 Å². The van der Waals surface area contributed by atoms with Crippen molar-refractivity contribution in [3.05, 3.63) is 35.4 Å². The summed E-state index contributed by atoms with van der Waals surface area (Å²) in [5.74, 6) is -1.02. The second-order valence-electron chi connectivity index (χ2n) is 7.13. The van der Waals surface area contributed by atoms with Gasteiger partial charge in [0.25, 0.3) is 0 Å². The second-order valence-corrected chi connectivity index (χ2v) is 8.03. The van der Waals surface area contributed by atoms with Crippen LogP contribution in [0.1, 0.15) is 38.3 Å². The molecule has 0 aliphatic carbocycles. The summed E-state index contributed by atoms with van der Waals surface area (Å²) in [5.41, 5.74) is 0.706. The van der Waals surface area contributed by atoms with Crippen molar-refractivity contribution in [1.29, 1.82) is 5.26 Å². The summed E-state index contributed by atoms with van der Waals surface area (Å²) in [6.45, 7) is 5.34. The summed E-state index contributed by atoms with van der Waals surface area (Å²) in [5, 5.41) is 11.9. The smallest absolute Gasteiger partial charge is 0.407 e. The molecule has 146 valence electrons. The van der Waals surface area contributed by atoms with Crippen LogP contribution in [-0.4, -0.2) is 43.3 Å². The first-order valence-corrected chi connectivity index (χ1v) is 9.95. The van der Waals surface area contributed by atoms with Gasteiger partial charge in [0.05, 0.1) is 24.7 Å². The van der Waals surface area contributed by atoms with Gasteiger partial charge in [0, 0.05) is 6.04 Å². The largest absolute Gasteiger partial charge is 0.469 e. The Morgan fingerprint density at radius 2 is 2.07 bits per heavy atom. The lowest BCUT2D eigenvalue weighted by Gasteiger charge is -2.28. The van der Waals surface area contributed by atoms with Gasteiger partial charge in [-0.2, -0.15) is 5.26 Å². The number of carbonyl (C=O) groups excluding carboxylic acids is 2. The predicted octanol–water partition coefficient (Wildman–Crippen LogP) is 3.55.